The second-order valence-corrected chi connectivity index (χ2v) is 6.49. The third-order valence-corrected chi connectivity index (χ3v) is 4.50. The fourth-order valence-electron chi connectivity index (χ4n) is 2.77. The molecule has 150 valence electrons. The summed E-state index contributed by atoms with van der Waals surface area (Å²) in [7, 11) is 3.47. The van der Waals surface area contributed by atoms with Gasteiger partial charge in [0.25, 0.3) is 0 Å². The highest BCUT2D eigenvalue weighted by Crippen LogP contribution is 2.11. The van der Waals surface area contributed by atoms with E-state index in [-0.39, 0.29) is 13.2 Å². The molecule has 4 atom stereocenters. The van der Waals surface area contributed by atoms with Gasteiger partial charge < -0.3 is 30.6 Å². The Bertz CT molecular complexity index is 459. The van der Waals surface area contributed by atoms with Gasteiger partial charge in [-0.25, -0.2) is 0 Å². The standard InChI is InChI=1S/C17H31N3O6/c1-19(14(8-21)16(25)10-23)6-12-3-4-13(18-5-12)7-20(2)15(9-22)17(26)11-24/h3-5,14-17,21-26H,6-11H2,1-2H3. The molecule has 0 aliphatic carbocycles. The third-order valence-electron chi connectivity index (χ3n) is 4.50. The predicted molar refractivity (Wildman–Crippen MR) is 95.1 cm³/mol. The average Bonchev–Trinajstić information content (AvgIpc) is 2.64. The van der Waals surface area contributed by atoms with Gasteiger partial charge >= 0.3 is 0 Å². The first kappa shape index (κ1) is 22.9. The number of aliphatic hydroxyl groups is 6. The number of aromatic nitrogens is 1. The Hall–Kier alpha value is -1.17. The summed E-state index contributed by atoms with van der Waals surface area (Å²) in [5.74, 6) is 0. The van der Waals surface area contributed by atoms with E-state index in [1.165, 1.54) is 0 Å². The van der Waals surface area contributed by atoms with E-state index in [2.05, 4.69) is 4.98 Å². The molecule has 0 bridgehead atoms. The van der Waals surface area contributed by atoms with Crippen LogP contribution in [-0.2, 0) is 13.1 Å². The summed E-state index contributed by atoms with van der Waals surface area (Å²) in [4.78, 5) is 7.81. The minimum Gasteiger partial charge on any atom is -0.395 e. The number of pyridine rings is 1. The Labute approximate surface area is 153 Å². The first-order valence-electron chi connectivity index (χ1n) is 8.51. The lowest BCUT2D eigenvalue weighted by atomic mass is 10.1. The van der Waals surface area contributed by atoms with Crippen molar-refractivity contribution < 1.29 is 30.6 Å². The van der Waals surface area contributed by atoms with Gasteiger partial charge in [0.05, 0.1) is 56.4 Å². The first-order chi connectivity index (χ1) is 12.4. The molecule has 0 amide bonds. The monoisotopic (exact) mass is 373 g/mol. The second kappa shape index (κ2) is 11.5. The van der Waals surface area contributed by atoms with Crippen LogP contribution in [-0.4, -0.2) is 110 Å². The van der Waals surface area contributed by atoms with Crippen molar-refractivity contribution in [2.45, 2.75) is 37.4 Å². The quantitative estimate of drug-likeness (QED) is 0.232. The summed E-state index contributed by atoms with van der Waals surface area (Å²) in [6.07, 6.45) is -0.388. The van der Waals surface area contributed by atoms with Crippen molar-refractivity contribution in [1.29, 1.82) is 0 Å². The molecule has 4 unspecified atom stereocenters. The lowest BCUT2D eigenvalue weighted by Crippen LogP contribution is -2.45. The van der Waals surface area contributed by atoms with E-state index >= 15 is 0 Å². The largest absolute Gasteiger partial charge is 0.395 e. The highest BCUT2D eigenvalue weighted by molar-refractivity contribution is 5.14. The number of hydrogen-bond acceptors (Lipinski definition) is 9. The summed E-state index contributed by atoms with van der Waals surface area (Å²) in [6.45, 7) is -0.583. The van der Waals surface area contributed by atoms with Crippen LogP contribution in [0.5, 0.6) is 0 Å². The second-order valence-electron chi connectivity index (χ2n) is 6.49. The smallest absolute Gasteiger partial charge is 0.0947 e. The molecule has 0 saturated heterocycles. The molecule has 1 rings (SSSR count). The van der Waals surface area contributed by atoms with E-state index in [0.717, 1.165) is 11.3 Å². The molecular weight excluding hydrogens is 342 g/mol. The fraction of sp³-hybridized carbons (Fsp3) is 0.706. The van der Waals surface area contributed by atoms with Crippen LogP contribution in [0.2, 0.25) is 0 Å². The van der Waals surface area contributed by atoms with Gasteiger partial charge in [-0.2, -0.15) is 0 Å². The summed E-state index contributed by atoms with van der Waals surface area (Å²) in [6, 6.07) is 2.52. The van der Waals surface area contributed by atoms with Crippen LogP contribution >= 0.6 is 0 Å². The van der Waals surface area contributed by atoms with Crippen LogP contribution < -0.4 is 0 Å². The average molecular weight is 373 g/mol. The van der Waals surface area contributed by atoms with Crippen molar-refractivity contribution in [3.63, 3.8) is 0 Å². The summed E-state index contributed by atoms with van der Waals surface area (Å²) >= 11 is 0. The Morgan fingerprint density at radius 2 is 1.31 bits per heavy atom. The zero-order chi connectivity index (χ0) is 19.7. The molecule has 0 aromatic carbocycles. The van der Waals surface area contributed by atoms with Crippen LogP contribution in [0.1, 0.15) is 11.3 Å². The fourth-order valence-corrected chi connectivity index (χ4v) is 2.77. The van der Waals surface area contributed by atoms with Gasteiger partial charge in [0.2, 0.25) is 0 Å². The van der Waals surface area contributed by atoms with E-state index in [1.807, 2.05) is 12.1 Å². The molecule has 9 nitrogen and oxygen atoms in total. The molecule has 9 heteroatoms. The SMILES string of the molecule is CN(Cc1ccc(CN(C)C(CO)C(O)CO)nc1)C(CO)C(O)CO. The van der Waals surface area contributed by atoms with E-state index in [4.69, 9.17) is 10.2 Å². The summed E-state index contributed by atoms with van der Waals surface area (Å²) in [5.41, 5.74) is 1.60. The van der Waals surface area contributed by atoms with Crippen LogP contribution in [0.3, 0.4) is 0 Å². The Balaban J connectivity index is 2.68. The molecule has 1 heterocycles. The molecule has 0 spiro atoms. The Morgan fingerprint density at radius 3 is 1.69 bits per heavy atom. The summed E-state index contributed by atoms with van der Waals surface area (Å²) in [5, 5.41) is 56.2. The third kappa shape index (κ3) is 6.53. The van der Waals surface area contributed by atoms with Crippen molar-refractivity contribution >= 4 is 0 Å². The molecule has 6 N–H and O–H groups in total. The maximum absolute atomic E-state index is 9.72. The predicted octanol–water partition coefficient (Wildman–Crippen LogP) is -2.63. The zero-order valence-electron chi connectivity index (χ0n) is 15.3. The van der Waals surface area contributed by atoms with E-state index in [0.29, 0.717) is 13.1 Å². The normalized spacial score (nSPS) is 16.7. The number of nitrogens with zero attached hydrogens (tertiary/aromatic N) is 3. The van der Waals surface area contributed by atoms with Crippen LogP contribution in [0.15, 0.2) is 18.3 Å². The lowest BCUT2D eigenvalue weighted by Gasteiger charge is -2.30. The van der Waals surface area contributed by atoms with Crippen molar-refractivity contribution in [3.05, 3.63) is 29.6 Å². The highest BCUT2D eigenvalue weighted by atomic mass is 16.3. The van der Waals surface area contributed by atoms with E-state index in [9.17, 15) is 20.4 Å². The molecule has 0 radical (unpaired) electrons. The van der Waals surface area contributed by atoms with Gasteiger partial charge in [-0.15, -0.1) is 0 Å². The molecule has 1 aromatic rings. The molecule has 0 fully saturated rings. The zero-order valence-corrected chi connectivity index (χ0v) is 15.3. The van der Waals surface area contributed by atoms with Crippen LogP contribution in [0.25, 0.3) is 0 Å². The Kier molecular flexibility index (Phi) is 10.1. The molecule has 0 aliphatic rings. The molecule has 0 aliphatic heterocycles. The van der Waals surface area contributed by atoms with Crippen molar-refractivity contribution in [2.24, 2.45) is 0 Å². The van der Waals surface area contributed by atoms with Crippen molar-refractivity contribution in [1.82, 2.24) is 14.8 Å². The topological polar surface area (TPSA) is 141 Å². The van der Waals surface area contributed by atoms with Crippen LogP contribution in [0, 0.1) is 0 Å². The first-order valence-corrected chi connectivity index (χ1v) is 8.51. The number of aliphatic hydroxyl groups excluding tert-OH is 6. The molecule has 0 saturated carbocycles. The molecule has 26 heavy (non-hydrogen) atoms. The van der Waals surface area contributed by atoms with E-state index < -0.39 is 37.5 Å². The van der Waals surface area contributed by atoms with Gasteiger partial charge in [0.15, 0.2) is 0 Å². The highest BCUT2D eigenvalue weighted by Gasteiger charge is 2.23. The van der Waals surface area contributed by atoms with Gasteiger partial charge in [0.1, 0.15) is 0 Å². The Morgan fingerprint density at radius 1 is 0.808 bits per heavy atom. The van der Waals surface area contributed by atoms with E-state index in [1.54, 1.807) is 30.1 Å². The molecular formula is C17H31N3O6. The van der Waals surface area contributed by atoms with Crippen molar-refractivity contribution in [3.8, 4) is 0 Å². The van der Waals surface area contributed by atoms with Gasteiger partial charge in [-0.1, -0.05) is 6.07 Å². The maximum Gasteiger partial charge on any atom is 0.0947 e. The van der Waals surface area contributed by atoms with Gasteiger partial charge in [-0.3, -0.25) is 14.8 Å². The minimum absolute atomic E-state index is 0.274. The summed E-state index contributed by atoms with van der Waals surface area (Å²) < 4.78 is 0. The number of rotatable bonds is 12. The van der Waals surface area contributed by atoms with Crippen LogP contribution in [0.4, 0.5) is 0 Å². The maximum atomic E-state index is 9.72. The lowest BCUT2D eigenvalue weighted by molar-refractivity contribution is -0.00718. The number of likely N-dealkylation sites (N-methyl/N-ethyl adjacent to an activating group) is 2. The van der Waals surface area contributed by atoms with Gasteiger partial charge in [0, 0.05) is 19.3 Å². The van der Waals surface area contributed by atoms with Crippen molar-refractivity contribution in [2.75, 3.05) is 40.5 Å². The molecule has 1 aromatic heterocycles. The minimum atomic E-state index is -1.04. The number of hydrogen-bond donors (Lipinski definition) is 6. The van der Waals surface area contributed by atoms with Gasteiger partial charge in [-0.05, 0) is 25.7 Å².